The van der Waals surface area contributed by atoms with E-state index in [0.29, 0.717) is 23.0 Å². The molecule has 0 aliphatic rings. The molecule has 0 spiro atoms. The predicted octanol–water partition coefficient (Wildman–Crippen LogP) is 2.69. The highest BCUT2D eigenvalue weighted by Gasteiger charge is 2.10. The summed E-state index contributed by atoms with van der Waals surface area (Å²) in [6.07, 6.45) is 3.24. The van der Waals surface area contributed by atoms with Gasteiger partial charge in [0.15, 0.2) is 0 Å². The van der Waals surface area contributed by atoms with E-state index in [2.05, 4.69) is 20.4 Å². The van der Waals surface area contributed by atoms with E-state index >= 15 is 0 Å². The number of rotatable bonds is 3. The van der Waals surface area contributed by atoms with Crippen molar-refractivity contribution in [2.75, 3.05) is 5.32 Å². The van der Waals surface area contributed by atoms with Crippen LogP contribution in [0.5, 0.6) is 0 Å². The molecule has 0 unspecified atom stereocenters. The van der Waals surface area contributed by atoms with Crippen LogP contribution in [0.1, 0.15) is 16.2 Å². The number of aryl methyl sites for hydroxylation is 1. The van der Waals surface area contributed by atoms with Crippen molar-refractivity contribution in [3.05, 3.63) is 60.2 Å². The van der Waals surface area contributed by atoms with E-state index in [9.17, 15) is 4.79 Å². The minimum atomic E-state index is -0.218. The van der Waals surface area contributed by atoms with Crippen LogP contribution in [-0.2, 0) is 0 Å². The topological polar surface area (TPSA) is 80.9 Å². The Kier molecular flexibility index (Phi) is 3.42. The van der Waals surface area contributed by atoms with Gasteiger partial charge in [0.25, 0.3) is 5.91 Å². The summed E-state index contributed by atoms with van der Waals surface area (Å²) in [5, 5.41) is 6.62. The van der Waals surface area contributed by atoms with Gasteiger partial charge < -0.3 is 9.84 Å². The quantitative estimate of drug-likeness (QED) is 0.797. The molecule has 0 aliphatic heterocycles. The summed E-state index contributed by atoms with van der Waals surface area (Å²) in [5.74, 6) is 0.726. The molecule has 3 aromatic rings. The van der Waals surface area contributed by atoms with Gasteiger partial charge in [-0.2, -0.15) is 4.98 Å². The fourth-order valence-corrected chi connectivity index (χ4v) is 1.86. The van der Waals surface area contributed by atoms with Crippen LogP contribution >= 0.6 is 0 Å². The van der Waals surface area contributed by atoms with Gasteiger partial charge in [0, 0.05) is 24.2 Å². The fourth-order valence-electron chi connectivity index (χ4n) is 1.86. The average molecular weight is 280 g/mol. The van der Waals surface area contributed by atoms with Gasteiger partial charge >= 0.3 is 0 Å². The number of hydrogen-bond donors (Lipinski definition) is 1. The number of carbonyl (C=O) groups is 1. The first kappa shape index (κ1) is 13.0. The van der Waals surface area contributed by atoms with Crippen molar-refractivity contribution in [2.45, 2.75) is 6.92 Å². The Morgan fingerprint density at radius 2 is 2.14 bits per heavy atom. The van der Waals surface area contributed by atoms with Crippen LogP contribution in [0.2, 0.25) is 0 Å². The first-order valence-corrected chi connectivity index (χ1v) is 6.34. The second-order valence-corrected chi connectivity index (χ2v) is 4.41. The van der Waals surface area contributed by atoms with Gasteiger partial charge in [-0.3, -0.25) is 9.78 Å². The van der Waals surface area contributed by atoms with E-state index in [1.807, 2.05) is 6.07 Å². The molecule has 1 amide bonds. The minimum Gasteiger partial charge on any atom is -0.339 e. The number of benzene rings is 1. The molecular weight excluding hydrogens is 268 g/mol. The van der Waals surface area contributed by atoms with Gasteiger partial charge in [-0.15, -0.1) is 0 Å². The van der Waals surface area contributed by atoms with Crippen LogP contribution < -0.4 is 5.32 Å². The first-order valence-electron chi connectivity index (χ1n) is 6.34. The summed E-state index contributed by atoms with van der Waals surface area (Å²) >= 11 is 0. The summed E-state index contributed by atoms with van der Waals surface area (Å²) in [5.41, 5.74) is 1.88. The molecule has 0 saturated carbocycles. The molecule has 6 heteroatoms. The predicted molar refractivity (Wildman–Crippen MR) is 76.7 cm³/mol. The zero-order valence-electron chi connectivity index (χ0n) is 11.3. The van der Waals surface area contributed by atoms with Crippen molar-refractivity contribution >= 4 is 11.6 Å². The van der Waals surface area contributed by atoms with Gasteiger partial charge in [-0.1, -0.05) is 17.3 Å². The first-order chi connectivity index (χ1) is 10.2. The Morgan fingerprint density at radius 1 is 1.24 bits per heavy atom. The molecule has 2 aromatic heterocycles. The number of hydrogen-bond acceptors (Lipinski definition) is 5. The van der Waals surface area contributed by atoms with E-state index < -0.39 is 0 Å². The normalized spacial score (nSPS) is 10.3. The number of pyridine rings is 1. The smallest absolute Gasteiger partial charge is 0.255 e. The summed E-state index contributed by atoms with van der Waals surface area (Å²) in [6, 6.07) is 10.6. The molecule has 1 N–H and O–H groups in total. The molecule has 0 saturated heterocycles. The Morgan fingerprint density at radius 3 is 2.86 bits per heavy atom. The van der Waals surface area contributed by atoms with Crippen LogP contribution in [0, 0.1) is 6.92 Å². The molecule has 0 radical (unpaired) electrons. The summed E-state index contributed by atoms with van der Waals surface area (Å²) < 4.78 is 4.94. The summed E-state index contributed by atoms with van der Waals surface area (Å²) in [7, 11) is 0. The Bertz CT molecular complexity index is 768. The van der Waals surface area contributed by atoms with Crippen LogP contribution in [0.25, 0.3) is 11.4 Å². The maximum Gasteiger partial charge on any atom is 0.255 e. The summed E-state index contributed by atoms with van der Waals surface area (Å²) in [6.45, 7) is 1.72. The molecule has 0 aliphatic carbocycles. The Balaban J connectivity index is 1.84. The zero-order chi connectivity index (χ0) is 14.7. The molecular formula is C15H12N4O2. The number of amides is 1. The highest BCUT2D eigenvalue weighted by atomic mass is 16.5. The van der Waals surface area contributed by atoms with E-state index in [0.717, 1.165) is 5.56 Å². The molecule has 0 bridgehead atoms. The monoisotopic (exact) mass is 280 g/mol. The third-order valence-electron chi connectivity index (χ3n) is 2.83. The van der Waals surface area contributed by atoms with E-state index in [-0.39, 0.29) is 5.91 Å². The van der Waals surface area contributed by atoms with Crippen LogP contribution in [0.3, 0.4) is 0 Å². The second kappa shape index (κ2) is 5.54. The van der Waals surface area contributed by atoms with Gasteiger partial charge in [0.05, 0.1) is 11.9 Å². The SMILES string of the molecule is Cc1nc(-c2cccc(C(=O)Nc3cccnc3)c2)no1. The van der Waals surface area contributed by atoms with E-state index in [1.54, 1.807) is 49.6 Å². The third-order valence-corrected chi connectivity index (χ3v) is 2.83. The molecule has 1 aromatic carbocycles. The third kappa shape index (κ3) is 2.94. The largest absolute Gasteiger partial charge is 0.339 e. The van der Waals surface area contributed by atoms with E-state index in [4.69, 9.17) is 4.52 Å². The number of anilines is 1. The van der Waals surface area contributed by atoms with Crippen LogP contribution in [-0.4, -0.2) is 21.0 Å². The molecule has 3 rings (SSSR count). The molecule has 0 fully saturated rings. The lowest BCUT2D eigenvalue weighted by Gasteiger charge is -2.05. The number of carbonyl (C=O) groups excluding carboxylic acids is 1. The van der Waals surface area contributed by atoms with Crippen molar-refractivity contribution in [3.8, 4) is 11.4 Å². The Hall–Kier alpha value is -3.02. The minimum absolute atomic E-state index is 0.218. The average Bonchev–Trinajstić information content (AvgIpc) is 2.95. The molecule has 2 heterocycles. The highest BCUT2D eigenvalue weighted by Crippen LogP contribution is 2.18. The van der Waals surface area contributed by atoms with Crippen molar-refractivity contribution in [1.29, 1.82) is 0 Å². The lowest BCUT2D eigenvalue weighted by atomic mass is 10.1. The standard InChI is InChI=1S/C15H12N4O2/c1-10-17-14(19-21-10)11-4-2-5-12(8-11)15(20)18-13-6-3-7-16-9-13/h2-9H,1H3,(H,18,20). The van der Waals surface area contributed by atoms with Crippen molar-refractivity contribution in [2.24, 2.45) is 0 Å². The van der Waals surface area contributed by atoms with E-state index in [1.165, 1.54) is 0 Å². The Labute approximate surface area is 120 Å². The maximum absolute atomic E-state index is 12.2. The summed E-state index contributed by atoms with van der Waals surface area (Å²) in [4.78, 5) is 20.3. The van der Waals surface area contributed by atoms with Crippen molar-refractivity contribution in [3.63, 3.8) is 0 Å². The zero-order valence-corrected chi connectivity index (χ0v) is 11.3. The fraction of sp³-hybridized carbons (Fsp3) is 0.0667. The number of nitrogens with zero attached hydrogens (tertiary/aromatic N) is 3. The van der Waals surface area contributed by atoms with Gasteiger partial charge in [-0.05, 0) is 24.3 Å². The van der Waals surface area contributed by atoms with Crippen LogP contribution in [0.4, 0.5) is 5.69 Å². The lowest BCUT2D eigenvalue weighted by Crippen LogP contribution is -2.11. The van der Waals surface area contributed by atoms with Crippen molar-refractivity contribution in [1.82, 2.24) is 15.1 Å². The molecule has 6 nitrogen and oxygen atoms in total. The molecule has 0 atom stereocenters. The maximum atomic E-state index is 12.2. The molecule has 21 heavy (non-hydrogen) atoms. The number of nitrogens with one attached hydrogen (secondary N) is 1. The highest BCUT2D eigenvalue weighted by molar-refractivity contribution is 6.04. The molecule has 104 valence electrons. The van der Waals surface area contributed by atoms with Gasteiger partial charge in [0.1, 0.15) is 0 Å². The van der Waals surface area contributed by atoms with Gasteiger partial charge in [-0.25, -0.2) is 0 Å². The van der Waals surface area contributed by atoms with Crippen molar-refractivity contribution < 1.29 is 9.32 Å². The van der Waals surface area contributed by atoms with Gasteiger partial charge in [0.2, 0.25) is 11.7 Å². The lowest BCUT2D eigenvalue weighted by molar-refractivity contribution is 0.102. The van der Waals surface area contributed by atoms with Crippen LogP contribution in [0.15, 0.2) is 53.3 Å². The number of aromatic nitrogens is 3. The second-order valence-electron chi connectivity index (χ2n) is 4.41.